The van der Waals surface area contributed by atoms with Crippen molar-refractivity contribution in [1.29, 1.82) is 0 Å². The highest BCUT2D eigenvalue weighted by Gasteiger charge is 1.59. The Morgan fingerprint density at radius 3 is 0.767 bits per heavy atom. The van der Waals surface area contributed by atoms with E-state index < -0.39 is 0 Å². The van der Waals surface area contributed by atoms with Gasteiger partial charge in [-0.1, -0.05) is 145 Å². The summed E-state index contributed by atoms with van der Waals surface area (Å²) in [5.74, 6) is 0. The first kappa shape index (κ1) is 46.7. The van der Waals surface area contributed by atoms with Gasteiger partial charge < -0.3 is 0 Å². The smallest absolute Gasteiger partial charge is 0.0791 e. The summed E-state index contributed by atoms with van der Waals surface area (Å²) < 4.78 is 0. The van der Waals surface area contributed by atoms with Crippen molar-refractivity contribution in [2.45, 2.75) is 96.9 Å². The fourth-order valence-corrected chi connectivity index (χ4v) is 1.59. The minimum atomic E-state index is 1.60. The lowest BCUT2D eigenvalue weighted by Gasteiger charge is -1.69. The van der Waals surface area contributed by atoms with Crippen molar-refractivity contribution in [2.75, 3.05) is 0 Å². The van der Waals surface area contributed by atoms with E-state index in [4.69, 9.17) is 0 Å². The molecule has 0 fully saturated rings. The molecule has 0 N–H and O–H groups in total. The minimum Gasteiger partial charge on any atom is -0.253 e. The second-order valence-electron chi connectivity index (χ2n) is 2.62. The maximum absolute atomic E-state index is 3.74. The summed E-state index contributed by atoms with van der Waals surface area (Å²) in [6, 6.07) is 16.0. The highest BCUT2D eigenvalue weighted by atomic mass is 32.1. The van der Waals surface area contributed by atoms with Crippen molar-refractivity contribution in [1.82, 2.24) is 4.98 Å². The summed E-state index contributed by atoms with van der Waals surface area (Å²) in [6.45, 7) is 28.0. The van der Waals surface area contributed by atoms with Gasteiger partial charge in [0.25, 0.3) is 0 Å². The van der Waals surface area contributed by atoms with Crippen LogP contribution in [0.1, 0.15) is 96.9 Å². The maximum Gasteiger partial charge on any atom is 0.0791 e. The van der Waals surface area contributed by atoms with Crippen LogP contribution in [0.4, 0.5) is 0 Å². The van der Waals surface area contributed by atoms with Gasteiger partial charge >= 0.3 is 0 Å². The Labute approximate surface area is 200 Å². The van der Waals surface area contributed by atoms with E-state index in [0.717, 1.165) is 0 Å². The van der Waals surface area contributed by atoms with Crippen molar-refractivity contribution < 1.29 is 0 Å². The lowest BCUT2D eigenvalue weighted by atomic mass is 10.4. The molecule has 30 heavy (non-hydrogen) atoms. The summed E-state index contributed by atoms with van der Waals surface area (Å²) >= 11 is 3.31. The molecule has 3 rings (SSSR count). The molecule has 1 aromatic carbocycles. The molecular formula is C27H55NS2. The number of hydrogen-bond donors (Lipinski definition) is 0. The number of rotatable bonds is 0. The quantitative estimate of drug-likeness (QED) is 0.327. The number of hydrogen-bond acceptors (Lipinski definition) is 3. The van der Waals surface area contributed by atoms with Gasteiger partial charge in [-0.15, -0.1) is 11.3 Å². The van der Waals surface area contributed by atoms with Crippen LogP contribution in [-0.2, 0) is 0 Å². The molecule has 0 aliphatic heterocycles. The highest BCUT2D eigenvalue weighted by Crippen LogP contribution is 1.91. The number of nitrogens with zero attached hydrogens (tertiary/aromatic N) is 1. The molecule has 0 unspecified atom stereocenters. The standard InChI is InChI=1S/C6H6.C4H4S.C3H3NS.7C2H6/c1-2-4-6-5-3-1;1-2-4-5-3-1;1-2-5-3-4-1;7*1-2/h1-6H;1-4H;1-3H;7*1-2H3. The van der Waals surface area contributed by atoms with Gasteiger partial charge in [-0.05, 0) is 10.8 Å². The average Bonchev–Trinajstić information content (AvgIpc) is 3.69. The summed E-state index contributed by atoms with van der Waals surface area (Å²) in [5, 5.41) is 6.01. The van der Waals surface area contributed by atoms with Crippen LogP contribution in [0.5, 0.6) is 0 Å². The van der Waals surface area contributed by atoms with E-state index in [-0.39, 0.29) is 0 Å². The lowest BCUT2D eigenvalue weighted by Crippen LogP contribution is -1.47. The largest absolute Gasteiger partial charge is 0.253 e. The molecule has 0 spiro atoms. The van der Waals surface area contributed by atoms with E-state index in [9.17, 15) is 0 Å². The lowest BCUT2D eigenvalue weighted by molar-refractivity contribution is 1.43. The zero-order valence-corrected chi connectivity index (χ0v) is 24.4. The number of aromatic nitrogens is 1. The van der Waals surface area contributed by atoms with E-state index >= 15 is 0 Å². The van der Waals surface area contributed by atoms with E-state index in [0.29, 0.717) is 0 Å². The number of benzene rings is 1. The van der Waals surface area contributed by atoms with Crippen LogP contribution in [0.15, 0.2) is 76.4 Å². The SMILES string of the molecule is CC.CC.CC.CC.CC.CC.CC.c1ccccc1.c1ccsc1.c1cscn1. The third-order valence-electron chi connectivity index (χ3n) is 1.44. The average molecular weight is 458 g/mol. The van der Waals surface area contributed by atoms with Gasteiger partial charge in [-0.3, -0.25) is 4.98 Å². The normalized spacial score (nSPS) is 5.67. The monoisotopic (exact) mass is 457 g/mol. The number of thiazole rings is 1. The molecule has 0 amide bonds. The van der Waals surface area contributed by atoms with Crippen molar-refractivity contribution in [2.24, 2.45) is 0 Å². The van der Waals surface area contributed by atoms with Crippen LogP contribution in [0.3, 0.4) is 0 Å². The molecule has 180 valence electrons. The third-order valence-corrected chi connectivity index (χ3v) is 2.59. The Morgan fingerprint density at radius 2 is 0.667 bits per heavy atom. The van der Waals surface area contributed by atoms with Gasteiger partial charge in [-0.2, -0.15) is 11.3 Å². The van der Waals surface area contributed by atoms with Crippen molar-refractivity contribution in [3.63, 3.8) is 0 Å². The summed E-state index contributed by atoms with van der Waals surface area (Å²) in [7, 11) is 0. The third kappa shape index (κ3) is 81.9. The van der Waals surface area contributed by atoms with Gasteiger partial charge in [-0.25, -0.2) is 0 Å². The second kappa shape index (κ2) is 91.7. The van der Waals surface area contributed by atoms with Gasteiger partial charge in [0.1, 0.15) is 0 Å². The molecule has 0 atom stereocenters. The molecule has 0 aliphatic rings. The fraction of sp³-hybridized carbons (Fsp3) is 0.519. The zero-order valence-electron chi connectivity index (χ0n) is 22.8. The Hall–Kier alpha value is -1.45. The molecule has 0 saturated carbocycles. The van der Waals surface area contributed by atoms with Crippen LogP contribution in [0.2, 0.25) is 0 Å². The minimum absolute atomic E-state index is 1.60. The molecule has 0 radical (unpaired) electrons. The van der Waals surface area contributed by atoms with E-state index in [1.165, 1.54) is 0 Å². The highest BCUT2D eigenvalue weighted by molar-refractivity contribution is 7.07. The van der Waals surface area contributed by atoms with Crippen LogP contribution in [-0.4, -0.2) is 4.98 Å². The molecule has 1 nitrogen and oxygen atoms in total. The predicted molar refractivity (Wildman–Crippen MR) is 152 cm³/mol. The summed E-state index contributed by atoms with van der Waals surface area (Å²) in [4.78, 5) is 3.74. The van der Waals surface area contributed by atoms with Gasteiger partial charge in [0.2, 0.25) is 0 Å². The van der Waals surface area contributed by atoms with E-state index in [1.807, 2.05) is 162 Å². The van der Waals surface area contributed by atoms with Gasteiger partial charge in [0.15, 0.2) is 0 Å². The topological polar surface area (TPSA) is 12.9 Å². The molecule has 0 bridgehead atoms. The molecular weight excluding hydrogens is 402 g/mol. The number of thiophene rings is 1. The van der Waals surface area contributed by atoms with Crippen molar-refractivity contribution in [3.05, 3.63) is 76.4 Å². The molecule has 3 heteroatoms. The van der Waals surface area contributed by atoms with E-state index in [2.05, 4.69) is 4.98 Å². The second-order valence-corrected chi connectivity index (χ2v) is 4.20. The first-order chi connectivity index (χ1) is 15.0. The molecule has 2 heterocycles. The predicted octanol–water partition coefficient (Wildman–Crippen LogP) is 11.8. The summed E-state index contributed by atoms with van der Waals surface area (Å²) in [6.07, 6.45) is 1.77. The summed E-state index contributed by atoms with van der Waals surface area (Å²) in [5.41, 5.74) is 1.79. The zero-order chi connectivity index (χ0) is 25.3. The Bertz CT molecular complexity index is 308. The van der Waals surface area contributed by atoms with Crippen LogP contribution in [0.25, 0.3) is 0 Å². The van der Waals surface area contributed by atoms with Gasteiger partial charge in [0.05, 0.1) is 5.51 Å². The van der Waals surface area contributed by atoms with Crippen LogP contribution >= 0.6 is 22.7 Å². The van der Waals surface area contributed by atoms with Crippen LogP contribution in [0, 0.1) is 0 Å². The molecule has 3 aromatic rings. The van der Waals surface area contributed by atoms with E-state index in [1.54, 1.807) is 34.4 Å². The molecule has 0 saturated heterocycles. The van der Waals surface area contributed by atoms with Crippen molar-refractivity contribution in [3.8, 4) is 0 Å². The maximum atomic E-state index is 3.74. The molecule has 2 aromatic heterocycles. The van der Waals surface area contributed by atoms with Crippen molar-refractivity contribution >= 4 is 22.7 Å². The molecule has 0 aliphatic carbocycles. The Morgan fingerprint density at radius 1 is 0.367 bits per heavy atom. The first-order valence-corrected chi connectivity index (χ1v) is 13.7. The Kier molecular flexibility index (Phi) is 143. The van der Waals surface area contributed by atoms with Gasteiger partial charge in [0, 0.05) is 11.6 Å². The Balaban J connectivity index is -0.0000000414. The first-order valence-electron chi connectivity index (χ1n) is 11.8. The fourth-order valence-electron chi connectivity index (χ4n) is 0.787. The van der Waals surface area contributed by atoms with Crippen LogP contribution < -0.4 is 0 Å².